The number of sulfonamides is 1. The number of hydrogen-bond donors (Lipinski definition) is 1. The minimum absolute atomic E-state index is 0.0928. The first-order chi connectivity index (χ1) is 11.0. The summed E-state index contributed by atoms with van der Waals surface area (Å²) < 4.78 is 38.5. The molecule has 0 saturated carbocycles. The van der Waals surface area contributed by atoms with Gasteiger partial charge in [0, 0.05) is 12.1 Å². The van der Waals surface area contributed by atoms with Gasteiger partial charge in [-0.25, -0.2) is 13.1 Å². The highest BCUT2D eigenvalue weighted by atomic mass is 32.2. The summed E-state index contributed by atoms with van der Waals surface area (Å²) in [5, 5.41) is 0. The molecule has 0 fully saturated rings. The summed E-state index contributed by atoms with van der Waals surface area (Å²) in [7, 11) is -0.768. The summed E-state index contributed by atoms with van der Waals surface area (Å²) in [6, 6.07) is 13.8. The van der Waals surface area contributed by atoms with Gasteiger partial charge in [0.25, 0.3) is 0 Å². The third-order valence-electron chi connectivity index (χ3n) is 3.57. The van der Waals surface area contributed by atoms with Gasteiger partial charge in [0.15, 0.2) is 0 Å². The molecule has 23 heavy (non-hydrogen) atoms. The van der Waals surface area contributed by atoms with Crippen LogP contribution in [0.15, 0.2) is 53.4 Å². The molecule has 0 bridgehead atoms. The number of rotatable bonds is 7. The van der Waals surface area contributed by atoms with Gasteiger partial charge in [0.05, 0.1) is 14.2 Å². The average molecular weight is 335 g/mol. The molecule has 1 N–H and O–H groups in total. The Morgan fingerprint density at radius 3 is 2.30 bits per heavy atom. The number of nitrogens with one attached hydrogen (secondary N) is 1. The third-order valence-corrected chi connectivity index (χ3v) is 5.08. The highest BCUT2D eigenvalue weighted by Gasteiger charge is 2.24. The molecule has 1 atom stereocenters. The minimum Gasteiger partial charge on any atom is -0.497 e. The highest BCUT2D eigenvalue weighted by molar-refractivity contribution is 7.89. The highest BCUT2D eigenvalue weighted by Crippen LogP contribution is 2.29. The van der Waals surface area contributed by atoms with Crippen molar-refractivity contribution >= 4 is 10.0 Å². The molecule has 0 aliphatic carbocycles. The number of ether oxygens (including phenoxy) is 2. The third kappa shape index (κ3) is 4.03. The maximum Gasteiger partial charge on any atom is 0.244 e. The Hall–Kier alpha value is -2.05. The lowest BCUT2D eigenvalue weighted by atomic mass is 10.1. The van der Waals surface area contributed by atoms with E-state index in [1.165, 1.54) is 20.3 Å². The van der Waals surface area contributed by atoms with Crippen LogP contribution in [0.4, 0.5) is 0 Å². The van der Waals surface area contributed by atoms with Gasteiger partial charge in [-0.2, -0.15) is 0 Å². The van der Waals surface area contributed by atoms with Crippen LogP contribution in [0.2, 0.25) is 0 Å². The van der Waals surface area contributed by atoms with Gasteiger partial charge in [-0.15, -0.1) is 0 Å². The van der Waals surface area contributed by atoms with Crippen LogP contribution in [0.25, 0.3) is 0 Å². The van der Waals surface area contributed by atoms with E-state index < -0.39 is 10.0 Å². The fourth-order valence-corrected chi connectivity index (χ4v) is 3.78. The Morgan fingerprint density at radius 2 is 1.74 bits per heavy atom. The second-order valence-electron chi connectivity index (χ2n) is 5.01. The summed E-state index contributed by atoms with van der Waals surface area (Å²) in [4.78, 5) is 0.0928. The summed E-state index contributed by atoms with van der Waals surface area (Å²) in [5.41, 5.74) is 0.922. The molecule has 2 aromatic carbocycles. The molecule has 2 rings (SSSR count). The zero-order valence-corrected chi connectivity index (χ0v) is 14.3. The molecule has 0 aliphatic heterocycles. The SMILES string of the molecule is CCC(NS(=O)(=O)c1ccc(OC)cc1OC)c1ccccc1. The lowest BCUT2D eigenvalue weighted by Crippen LogP contribution is -2.28. The van der Waals surface area contributed by atoms with Crippen LogP contribution in [0.1, 0.15) is 24.9 Å². The van der Waals surface area contributed by atoms with Crippen molar-refractivity contribution in [3.8, 4) is 11.5 Å². The van der Waals surface area contributed by atoms with E-state index in [9.17, 15) is 8.42 Å². The van der Waals surface area contributed by atoms with E-state index >= 15 is 0 Å². The first kappa shape index (κ1) is 17.3. The molecule has 6 heteroatoms. The first-order valence-corrected chi connectivity index (χ1v) is 8.79. The Bertz CT molecular complexity index is 744. The van der Waals surface area contributed by atoms with Crippen LogP contribution in [-0.4, -0.2) is 22.6 Å². The molecular weight excluding hydrogens is 314 g/mol. The second kappa shape index (κ2) is 7.48. The summed E-state index contributed by atoms with van der Waals surface area (Å²) >= 11 is 0. The van der Waals surface area contributed by atoms with Crippen LogP contribution < -0.4 is 14.2 Å². The summed E-state index contributed by atoms with van der Waals surface area (Å²) in [5.74, 6) is 0.788. The molecule has 5 nitrogen and oxygen atoms in total. The van der Waals surface area contributed by atoms with Crippen LogP contribution in [0.5, 0.6) is 11.5 Å². The van der Waals surface area contributed by atoms with Crippen LogP contribution in [-0.2, 0) is 10.0 Å². The van der Waals surface area contributed by atoms with Crippen molar-refractivity contribution in [3.63, 3.8) is 0 Å². The molecule has 0 amide bonds. The van der Waals surface area contributed by atoms with Crippen molar-refractivity contribution in [2.24, 2.45) is 0 Å². The van der Waals surface area contributed by atoms with Crippen molar-refractivity contribution < 1.29 is 17.9 Å². The van der Waals surface area contributed by atoms with Crippen molar-refractivity contribution in [2.75, 3.05) is 14.2 Å². The second-order valence-corrected chi connectivity index (χ2v) is 6.69. The number of methoxy groups -OCH3 is 2. The Labute approximate surface area is 137 Å². The van der Waals surface area contributed by atoms with E-state index in [1.807, 2.05) is 37.3 Å². The zero-order valence-electron chi connectivity index (χ0n) is 13.4. The van der Waals surface area contributed by atoms with Crippen molar-refractivity contribution in [2.45, 2.75) is 24.3 Å². The Morgan fingerprint density at radius 1 is 1.04 bits per heavy atom. The normalized spacial score (nSPS) is 12.7. The zero-order chi connectivity index (χ0) is 16.9. The van der Waals surface area contributed by atoms with Gasteiger partial charge in [-0.1, -0.05) is 37.3 Å². The number of benzene rings is 2. The van der Waals surface area contributed by atoms with E-state index in [2.05, 4.69) is 4.72 Å². The average Bonchev–Trinajstić information content (AvgIpc) is 2.59. The molecule has 124 valence electrons. The predicted molar refractivity (Wildman–Crippen MR) is 89.3 cm³/mol. The number of hydrogen-bond acceptors (Lipinski definition) is 4. The molecule has 0 aliphatic rings. The minimum atomic E-state index is -3.72. The van der Waals surface area contributed by atoms with Crippen LogP contribution in [0, 0.1) is 0 Å². The van der Waals surface area contributed by atoms with Gasteiger partial charge in [-0.05, 0) is 24.1 Å². The summed E-state index contributed by atoms with van der Waals surface area (Å²) in [6.07, 6.45) is 0.641. The quantitative estimate of drug-likeness (QED) is 0.844. The van der Waals surface area contributed by atoms with Crippen molar-refractivity contribution in [1.82, 2.24) is 4.72 Å². The molecular formula is C17H21NO4S. The topological polar surface area (TPSA) is 64.6 Å². The molecule has 0 heterocycles. The van der Waals surface area contributed by atoms with E-state index in [-0.39, 0.29) is 16.7 Å². The van der Waals surface area contributed by atoms with Gasteiger partial charge in [0.2, 0.25) is 10.0 Å². The van der Waals surface area contributed by atoms with E-state index in [0.717, 1.165) is 5.56 Å². The maximum absolute atomic E-state index is 12.7. The van der Waals surface area contributed by atoms with Gasteiger partial charge in [-0.3, -0.25) is 0 Å². The summed E-state index contributed by atoms with van der Waals surface area (Å²) in [6.45, 7) is 1.94. The fourth-order valence-electron chi connectivity index (χ4n) is 2.32. The van der Waals surface area contributed by atoms with Crippen LogP contribution >= 0.6 is 0 Å². The maximum atomic E-state index is 12.7. The Kier molecular flexibility index (Phi) is 5.63. The lowest BCUT2D eigenvalue weighted by molar-refractivity contribution is 0.385. The molecule has 0 spiro atoms. The van der Waals surface area contributed by atoms with Gasteiger partial charge in [0.1, 0.15) is 16.4 Å². The standard InChI is InChI=1S/C17H21NO4S/c1-4-15(13-8-6-5-7-9-13)18-23(19,20)17-11-10-14(21-2)12-16(17)22-3/h5-12,15,18H,4H2,1-3H3. The molecule has 2 aromatic rings. The Balaban J connectivity index is 2.34. The largest absolute Gasteiger partial charge is 0.497 e. The smallest absolute Gasteiger partial charge is 0.244 e. The van der Waals surface area contributed by atoms with Gasteiger partial charge < -0.3 is 9.47 Å². The van der Waals surface area contributed by atoms with Gasteiger partial charge >= 0.3 is 0 Å². The monoisotopic (exact) mass is 335 g/mol. The van der Waals surface area contributed by atoms with E-state index in [1.54, 1.807) is 12.1 Å². The van der Waals surface area contributed by atoms with E-state index in [4.69, 9.17) is 9.47 Å². The molecule has 0 aromatic heterocycles. The van der Waals surface area contributed by atoms with Crippen molar-refractivity contribution in [3.05, 3.63) is 54.1 Å². The van der Waals surface area contributed by atoms with Crippen LogP contribution in [0.3, 0.4) is 0 Å². The first-order valence-electron chi connectivity index (χ1n) is 7.31. The molecule has 0 saturated heterocycles. The molecule has 1 unspecified atom stereocenters. The molecule has 0 radical (unpaired) electrons. The lowest BCUT2D eigenvalue weighted by Gasteiger charge is -2.19. The van der Waals surface area contributed by atoms with E-state index in [0.29, 0.717) is 12.2 Å². The van der Waals surface area contributed by atoms with Crippen molar-refractivity contribution in [1.29, 1.82) is 0 Å². The predicted octanol–water partition coefficient (Wildman–Crippen LogP) is 3.13. The fraction of sp³-hybridized carbons (Fsp3) is 0.294.